The van der Waals surface area contributed by atoms with Crippen LogP contribution >= 0.6 is 0 Å². The first-order chi connectivity index (χ1) is 26.4. The zero-order valence-electron chi connectivity index (χ0n) is 31.6. The summed E-state index contributed by atoms with van der Waals surface area (Å²) < 4.78 is 29.0. The second-order valence-corrected chi connectivity index (χ2v) is 18.9. The minimum absolute atomic E-state index is 0.109. The van der Waals surface area contributed by atoms with Gasteiger partial charge in [0.05, 0.1) is 44.9 Å². The number of hydrogen-bond acceptors (Lipinski definition) is 6. The number of benzene rings is 4. The van der Waals surface area contributed by atoms with Gasteiger partial charge in [-0.3, -0.25) is 14.4 Å². The molecule has 1 saturated heterocycles. The summed E-state index contributed by atoms with van der Waals surface area (Å²) in [5.41, 5.74) is 3.05. The van der Waals surface area contributed by atoms with Crippen LogP contribution in [0.5, 0.6) is 5.75 Å². The van der Waals surface area contributed by atoms with Gasteiger partial charge in [-0.15, -0.1) is 0 Å². The number of para-hydroxylation sites is 1. The summed E-state index contributed by atoms with van der Waals surface area (Å²) in [5.74, 6) is -0.891. The van der Waals surface area contributed by atoms with Crippen molar-refractivity contribution in [3.63, 3.8) is 0 Å². The van der Waals surface area contributed by atoms with E-state index in [0.29, 0.717) is 22.7 Å². The number of carbonyl (C=O) groups excluding carboxylic acids is 3. The number of nitrogens with one attached hydrogen (secondary N) is 2. The second-order valence-electron chi connectivity index (χ2n) is 15.1. The van der Waals surface area contributed by atoms with Gasteiger partial charge in [0.2, 0.25) is 20.2 Å². The minimum Gasteiger partial charge on any atom is -0.497 e. The van der Waals surface area contributed by atoms with Crippen LogP contribution in [0, 0.1) is 5.92 Å². The number of aromatic nitrogens is 1. The Kier molecular flexibility index (Phi) is 10.7. The van der Waals surface area contributed by atoms with E-state index >= 15 is 4.11 Å². The van der Waals surface area contributed by atoms with Gasteiger partial charge < -0.3 is 38.8 Å². The number of aliphatic hydroxyl groups is 1. The number of halogens is 1. The number of rotatable bonds is 13. The Balaban J connectivity index is 1.16. The SMILES string of the molecule is COc1ccc2c(c1)[C@@]1(O[C@H](CC(=O)N(CCO)Cc3ccccc3)[C@@H]([Si](C)(C)F)[C@@H]1C)C(=O)N2Cc1cccc(NC(=O)Cc2c[nH]c3ccccc23)c1. The van der Waals surface area contributed by atoms with Gasteiger partial charge in [0.1, 0.15) is 5.75 Å². The molecule has 0 aliphatic carbocycles. The quantitative estimate of drug-likeness (QED) is 0.0870. The van der Waals surface area contributed by atoms with Crippen molar-refractivity contribution in [2.75, 3.05) is 30.5 Å². The molecule has 2 aliphatic rings. The van der Waals surface area contributed by atoms with Crippen molar-refractivity contribution >= 4 is 48.4 Å². The number of amides is 3. The lowest BCUT2D eigenvalue weighted by Crippen LogP contribution is -2.45. The third-order valence-electron chi connectivity index (χ3n) is 11.1. The van der Waals surface area contributed by atoms with Crippen molar-refractivity contribution < 1.29 is 33.1 Å². The van der Waals surface area contributed by atoms with Crippen molar-refractivity contribution in [2.24, 2.45) is 5.92 Å². The molecule has 0 radical (unpaired) electrons. The van der Waals surface area contributed by atoms with Gasteiger partial charge in [-0.25, -0.2) is 0 Å². The van der Waals surface area contributed by atoms with Gasteiger partial charge in [0, 0.05) is 52.9 Å². The maximum atomic E-state index is 16.5. The van der Waals surface area contributed by atoms with E-state index in [1.54, 1.807) is 42.1 Å². The predicted octanol–water partition coefficient (Wildman–Crippen LogP) is 7.09. The molecule has 12 heteroatoms. The summed E-state index contributed by atoms with van der Waals surface area (Å²) in [6.45, 7) is 5.38. The lowest BCUT2D eigenvalue weighted by molar-refractivity contribution is -0.150. The van der Waals surface area contributed by atoms with Crippen LogP contribution in [-0.2, 0) is 44.2 Å². The highest BCUT2D eigenvalue weighted by molar-refractivity contribution is 6.72. The number of methoxy groups -OCH3 is 1. The Morgan fingerprint density at radius 1 is 1.02 bits per heavy atom. The topological polar surface area (TPSA) is 124 Å². The Morgan fingerprint density at radius 3 is 2.51 bits per heavy atom. The molecule has 3 N–H and O–H groups in total. The highest BCUT2D eigenvalue weighted by Gasteiger charge is 2.67. The molecule has 0 saturated carbocycles. The Labute approximate surface area is 321 Å². The standard InChI is InChI=1S/C43H47FN4O6Si/c1-28-41(55(3,4)44)38(24-40(51)47(19-20-49)26-29-11-6-5-7-12-29)54-43(28)35-23-33(53-2)17-18-37(35)48(42(43)52)27-30-13-10-14-32(21-30)46-39(50)22-31-25-45-36-16-9-8-15-34(31)36/h5-18,21,23,25,28,38,41,45,49H,19-20,22,24,26-27H2,1-4H3,(H,46,50)/t28-,38+,41-,43+/m0/s1. The van der Waals surface area contributed by atoms with Crippen LogP contribution in [0.15, 0.2) is 103 Å². The highest BCUT2D eigenvalue weighted by Crippen LogP contribution is 2.60. The van der Waals surface area contributed by atoms with Crippen LogP contribution in [0.1, 0.15) is 35.6 Å². The normalized spacial score (nSPS) is 20.6. The Morgan fingerprint density at radius 2 is 1.76 bits per heavy atom. The van der Waals surface area contributed by atoms with E-state index in [4.69, 9.17) is 9.47 Å². The van der Waals surface area contributed by atoms with Crippen molar-refractivity contribution in [1.29, 1.82) is 0 Å². The zero-order valence-corrected chi connectivity index (χ0v) is 32.6. The maximum Gasteiger partial charge on any atom is 0.264 e. The van der Waals surface area contributed by atoms with Gasteiger partial charge in [-0.2, -0.15) is 0 Å². The molecule has 4 atom stereocenters. The first-order valence-corrected chi connectivity index (χ1v) is 21.6. The number of hydrogen-bond donors (Lipinski definition) is 3. The average Bonchev–Trinajstić information content (AvgIpc) is 3.78. The fourth-order valence-electron chi connectivity index (χ4n) is 8.61. The lowest BCUT2D eigenvalue weighted by Gasteiger charge is -2.31. The molecule has 1 fully saturated rings. The van der Waals surface area contributed by atoms with Crippen LogP contribution in [0.25, 0.3) is 10.9 Å². The smallest absolute Gasteiger partial charge is 0.264 e. The average molecular weight is 763 g/mol. The maximum absolute atomic E-state index is 16.5. The molecule has 5 aromatic rings. The highest BCUT2D eigenvalue weighted by atomic mass is 28.4. The number of aliphatic hydroxyl groups excluding tert-OH is 1. The van der Waals surface area contributed by atoms with E-state index in [2.05, 4.69) is 10.3 Å². The van der Waals surface area contributed by atoms with Crippen LogP contribution in [0.4, 0.5) is 15.5 Å². The Hall–Kier alpha value is -5.30. The molecule has 10 nitrogen and oxygen atoms in total. The molecule has 0 unspecified atom stereocenters. The van der Waals surface area contributed by atoms with Gasteiger partial charge in [-0.05, 0) is 66.2 Å². The molecule has 1 spiro atoms. The number of nitrogens with zero attached hydrogens (tertiary/aromatic N) is 2. The number of aromatic amines is 1. The second kappa shape index (κ2) is 15.4. The minimum atomic E-state index is -3.56. The molecular weight excluding hydrogens is 716 g/mol. The third kappa shape index (κ3) is 7.41. The van der Waals surface area contributed by atoms with Crippen LogP contribution in [0.2, 0.25) is 18.6 Å². The fraction of sp³-hybridized carbons (Fsp3) is 0.326. The number of carbonyl (C=O) groups is 3. The number of anilines is 2. The lowest BCUT2D eigenvalue weighted by atomic mass is 9.82. The van der Waals surface area contributed by atoms with Crippen molar-refractivity contribution in [3.05, 3.63) is 126 Å². The van der Waals surface area contributed by atoms with Crippen LogP contribution in [-0.4, -0.2) is 67.5 Å². The van der Waals surface area contributed by atoms with E-state index in [1.807, 2.05) is 98.0 Å². The third-order valence-corrected chi connectivity index (χ3v) is 13.5. The fourth-order valence-corrected chi connectivity index (χ4v) is 11.1. The van der Waals surface area contributed by atoms with Gasteiger partial charge in [0.15, 0.2) is 5.60 Å². The first-order valence-electron chi connectivity index (χ1n) is 18.7. The van der Waals surface area contributed by atoms with Crippen molar-refractivity contribution in [1.82, 2.24) is 9.88 Å². The van der Waals surface area contributed by atoms with Crippen molar-refractivity contribution in [3.8, 4) is 5.75 Å². The van der Waals surface area contributed by atoms with Crippen LogP contribution < -0.4 is 15.0 Å². The van der Waals surface area contributed by atoms with E-state index in [-0.39, 0.29) is 56.8 Å². The molecular formula is C43H47FN4O6Si. The first kappa shape index (κ1) is 38.0. The number of ether oxygens (including phenoxy) is 2. The molecule has 286 valence electrons. The molecule has 2 aliphatic heterocycles. The zero-order chi connectivity index (χ0) is 38.9. The van der Waals surface area contributed by atoms with Gasteiger partial charge >= 0.3 is 0 Å². The molecule has 3 heterocycles. The molecule has 7 rings (SSSR count). The van der Waals surface area contributed by atoms with E-state index in [1.165, 1.54) is 0 Å². The molecule has 0 bridgehead atoms. The van der Waals surface area contributed by atoms with Crippen molar-refractivity contribution in [2.45, 2.75) is 63.2 Å². The van der Waals surface area contributed by atoms with Crippen LogP contribution in [0.3, 0.4) is 0 Å². The molecule has 4 aromatic carbocycles. The van der Waals surface area contributed by atoms with Gasteiger partial charge in [-0.1, -0.05) is 67.6 Å². The number of fused-ring (bicyclic) bond motifs is 3. The monoisotopic (exact) mass is 762 g/mol. The van der Waals surface area contributed by atoms with E-state index in [9.17, 15) is 19.5 Å². The summed E-state index contributed by atoms with van der Waals surface area (Å²) >= 11 is 0. The summed E-state index contributed by atoms with van der Waals surface area (Å²) in [4.78, 5) is 48.5. The number of H-pyrrole nitrogens is 1. The summed E-state index contributed by atoms with van der Waals surface area (Å²) in [6.07, 6.45) is 1.01. The summed E-state index contributed by atoms with van der Waals surface area (Å²) in [6, 6.07) is 30.1. The molecule has 1 aromatic heterocycles. The Bertz CT molecular complexity index is 2210. The largest absolute Gasteiger partial charge is 0.497 e. The summed E-state index contributed by atoms with van der Waals surface area (Å²) in [5, 5.41) is 13.8. The molecule has 3 amide bonds. The molecule has 55 heavy (non-hydrogen) atoms. The predicted molar refractivity (Wildman–Crippen MR) is 213 cm³/mol. The summed E-state index contributed by atoms with van der Waals surface area (Å²) in [7, 11) is -2.01. The van der Waals surface area contributed by atoms with E-state index in [0.717, 1.165) is 27.6 Å². The van der Waals surface area contributed by atoms with E-state index < -0.39 is 31.6 Å². The van der Waals surface area contributed by atoms with Gasteiger partial charge in [0.25, 0.3) is 5.91 Å².